The number of nitrogens with one attached hydrogen (secondary N) is 1. The van der Waals surface area contributed by atoms with Crippen LogP contribution in [-0.2, 0) is 16.0 Å². The van der Waals surface area contributed by atoms with Crippen molar-refractivity contribution < 1.29 is 19.1 Å². The van der Waals surface area contributed by atoms with Crippen LogP contribution in [0.4, 0.5) is 10.5 Å². The van der Waals surface area contributed by atoms with Crippen LogP contribution in [0.2, 0.25) is 0 Å². The number of carbonyl (C=O) groups is 3. The first-order valence-electron chi connectivity index (χ1n) is 9.12. The first kappa shape index (κ1) is 18.9. The minimum Gasteiger partial charge on any atom is -0.442 e. The zero-order valence-electron chi connectivity index (χ0n) is 15.9. The van der Waals surface area contributed by atoms with Crippen LogP contribution in [0.1, 0.15) is 35.7 Å². The highest BCUT2D eigenvalue weighted by Gasteiger charge is 2.33. The number of fused-ring (bicyclic) bond motifs is 1. The SMILES string of the molecule is CC(=O)NC[C@H]1CN(c2ccc3c(c2)C(=O)/C(=C\N(C)C)CCC3)C(=O)O1. The summed E-state index contributed by atoms with van der Waals surface area (Å²) in [6.07, 6.45) is 3.50. The molecule has 1 aliphatic carbocycles. The maximum absolute atomic E-state index is 13.0. The monoisotopic (exact) mass is 371 g/mol. The summed E-state index contributed by atoms with van der Waals surface area (Å²) in [5.41, 5.74) is 3.08. The molecule has 144 valence electrons. The highest BCUT2D eigenvalue weighted by atomic mass is 16.6. The summed E-state index contributed by atoms with van der Waals surface area (Å²) < 4.78 is 5.32. The van der Waals surface area contributed by atoms with Crippen molar-refractivity contribution in [2.45, 2.75) is 32.3 Å². The van der Waals surface area contributed by atoms with E-state index < -0.39 is 12.2 Å². The fourth-order valence-electron chi connectivity index (χ4n) is 3.45. The third-order valence-corrected chi connectivity index (χ3v) is 4.70. The number of hydrogen-bond donors (Lipinski definition) is 1. The quantitative estimate of drug-likeness (QED) is 0.648. The third-order valence-electron chi connectivity index (χ3n) is 4.70. The van der Waals surface area contributed by atoms with E-state index in [4.69, 9.17) is 4.74 Å². The summed E-state index contributed by atoms with van der Waals surface area (Å²) in [5, 5.41) is 2.66. The number of allylic oxidation sites excluding steroid dienone is 1. The zero-order valence-corrected chi connectivity index (χ0v) is 15.9. The highest BCUT2D eigenvalue weighted by Crippen LogP contribution is 2.30. The average Bonchev–Trinajstić information content (AvgIpc) is 2.91. The number of benzene rings is 1. The molecule has 7 nitrogen and oxygen atoms in total. The van der Waals surface area contributed by atoms with E-state index in [9.17, 15) is 14.4 Å². The molecule has 0 unspecified atom stereocenters. The molecule has 1 N–H and O–H groups in total. The second kappa shape index (κ2) is 7.82. The summed E-state index contributed by atoms with van der Waals surface area (Å²) in [6, 6.07) is 5.57. The maximum Gasteiger partial charge on any atom is 0.414 e. The number of rotatable bonds is 4. The zero-order chi connectivity index (χ0) is 19.6. The second-order valence-electron chi connectivity index (χ2n) is 7.20. The lowest BCUT2D eigenvalue weighted by Crippen LogP contribution is -2.33. The molecule has 2 aliphatic rings. The molecule has 0 saturated carbocycles. The Labute approximate surface area is 159 Å². The largest absolute Gasteiger partial charge is 0.442 e. The van der Waals surface area contributed by atoms with Gasteiger partial charge >= 0.3 is 6.09 Å². The molecule has 1 aromatic carbocycles. The number of aryl methyl sites for hydroxylation is 1. The molecular formula is C20H25N3O4. The van der Waals surface area contributed by atoms with E-state index in [1.165, 1.54) is 11.8 Å². The average molecular weight is 371 g/mol. The van der Waals surface area contributed by atoms with Gasteiger partial charge in [0.25, 0.3) is 0 Å². The summed E-state index contributed by atoms with van der Waals surface area (Å²) in [4.78, 5) is 39.7. The molecule has 7 heteroatoms. The first-order valence-corrected chi connectivity index (χ1v) is 9.12. The van der Waals surface area contributed by atoms with Crippen LogP contribution < -0.4 is 10.2 Å². The summed E-state index contributed by atoms with van der Waals surface area (Å²) in [5.74, 6) is -0.152. The first-order chi connectivity index (χ1) is 12.8. The number of ketones is 1. The van der Waals surface area contributed by atoms with Gasteiger partial charge in [0.15, 0.2) is 5.78 Å². The molecule has 1 fully saturated rings. The lowest BCUT2D eigenvalue weighted by atomic mass is 9.99. The van der Waals surface area contributed by atoms with Gasteiger partial charge in [-0.3, -0.25) is 14.5 Å². The van der Waals surface area contributed by atoms with Crippen molar-refractivity contribution in [3.8, 4) is 0 Å². The Morgan fingerprint density at radius 1 is 1.33 bits per heavy atom. The molecule has 0 bridgehead atoms. The van der Waals surface area contributed by atoms with E-state index in [0.29, 0.717) is 17.8 Å². The number of hydrogen-bond acceptors (Lipinski definition) is 5. The topological polar surface area (TPSA) is 79.0 Å². The van der Waals surface area contributed by atoms with Gasteiger partial charge in [-0.15, -0.1) is 0 Å². The van der Waals surface area contributed by atoms with E-state index in [1.807, 2.05) is 37.3 Å². The van der Waals surface area contributed by atoms with E-state index in [-0.39, 0.29) is 18.2 Å². The van der Waals surface area contributed by atoms with E-state index in [2.05, 4.69) is 5.32 Å². The van der Waals surface area contributed by atoms with Crippen molar-refractivity contribution in [1.29, 1.82) is 0 Å². The molecule has 2 amide bonds. The molecule has 3 rings (SSSR count). The number of nitrogens with zero attached hydrogens (tertiary/aromatic N) is 2. The molecule has 1 aromatic rings. The van der Waals surface area contributed by atoms with Crippen molar-refractivity contribution in [2.24, 2.45) is 0 Å². The smallest absolute Gasteiger partial charge is 0.414 e. The molecule has 1 heterocycles. The number of cyclic esters (lactones) is 1. The minimum atomic E-state index is -0.463. The van der Waals surface area contributed by atoms with Crippen molar-refractivity contribution in [2.75, 3.05) is 32.1 Å². The Balaban J connectivity index is 1.84. The van der Waals surface area contributed by atoms with Gasteiger partial charge in [0.1, 0.15) is 6.10 Å². The van der Waals surface area contributed by atoms with Gasteiger partial charge in [0.2, 0.25) is 5.91 Å². The van der Waals surface area contributed by atoms with Gasteiger partial charge in [-0.25, -0.2) is 4.79 Å². The Bertz CT molecular complexity index is 800. The van der Waals surface area contributed by atoms with Crippen LogP contribution in [-0.4, -0.2) is 56.0 Å². The lowest BCUT2D eigenvalue weighted by molar-refractivity contribution is -0.119. The Morgan fingerprint density at radius 2 is 2.11 bits per heavy atom. The van der Waals surface area contributed by atoms with Crippen molar-refractivity contribution in [3.63, 3.8) is 0 Å². The Hall–Kier alpha value is -2.83. The van der Waals surface area contributed by atoms with E-state index >= 15 is 0 Å². The fourth-order valence-corrected chi connectivity index (χ4v) is 3.45. The Morgan fingerprint density at radius 3 is 2.81 bits per heavy atom. The summed E-state index contributed by atoms with van der Waals surface area (Å²) >= 11 is 0. The number of carbonyl (C=O) groups excluding carboxylic acids is 3. The van der Waals surface area contributed by atoms with Crippen molar-refractivity contribution >= 4 is 23.5 Å². The highest BCUT2D eigenvalue weighted by molar-refractivity contribution is 6.10. The maximum atomic E-state index is 13.0. The molecular weight excluding hydrogens is 346 g/mol. The molecule has 0 radical (unpaired) electrons. The van der Waals surface area contributed by atoms with Gasteiger partial charge in [-0.2, -0.15) is 0 Å². The fraction of sp³-hybridized carbons (Fsp3) is 0.450. The summed E-state index contributed by atoms with van der Waals surface area (Å²) in [7, 11) is 3.80. The van der Waals surface area contributed by atoms with Crippen LogP contribution in [0.5, 0.6) is 0 Å². The van der Waals surface area contributed by atoms with Gasteiger partial charge in [-0.05, 0) is 37.0 Å². The Kier molecular flexibility index (Phi) is 5.48. The van der Waals surface area contributed by atoms with E-state index in [1.54, 1.807) is 6.07 Å². The minimum absolute atomic E-state index is 0.0143. The van der Waals surface area contributed by atoms with Crippen molar-refractivity contribution in [1.82, 2.24) is 10.2 Å². The number of amides is 2. The van der Waals surface area contributed by atoms with Gasteiger partial charge < -0.3 is 15.0 Å². The normalized spacial score (nSPS) is 20.9. The number of ether oxygens (including phenoxy) is 1. The second-order valence-corrected chi connectivity index (χ2v) is 7.20. The molecule has 1 aliphatic heterocycles. The predicted octanol–water partition coefficient (Wildman–Crippen LogP) is 2.11. The van der Waals surface area contributed by atoms with Gasteiger partial charge in [0, 0.05) is 44.0 Å². The van der Waals surface area contributed by atoms with Gasteiger partial charge in [-0.1, -0.05) is 6.07 Å². The molecule has 0 aromatic heterocycles. The molecule has 0 spiro atoms. The third kappa shape index (κ3) is 4.30. The molecule has 1 atom stereocenters. The molecule has 1 saturated heterocycles. The van der Waals surface area contributed by atoms with Crippen LogP contribution in [0, 0.1) is 0 Å². The number of Topliss-reactive ketones (excluding diaryl/α,β-unsaturated/α-hetero) is 1. The standard InChI is InChI=1S/C20H25N3O4/c1-13(24)21-10-17-12-23(20(26)27-17)16-8-7-14-5-4-6-15(11-22(2)3)19(25)18(14)9-16/h7-9,11,17H,4-6,10,12H2,1-3H3,(H,21,24)/b15-11-/t17-/m0/s1. The van der Waals surface area contributed by atoms with Crippen LogP contribution in [0.15, 0.2) is 30.0 Å². The van der Waals surface area contributed by atoms with Crippen LogP contribution in [0.3, 0.4) is 0 Å². The number of anilines is 1. The van der Waals surface area contributed by atoms with Crippen molar-refractivity contribution in [3.05, 3.63) is 41.1 Å². The lowest BCUT2D eigenvalue weighted by Gasteiger charge is -2.16. The summed E-state index contributed by atoms with van der Waals surface area (Å²) in [6.45, 7) is 2.04. The van der Waals surface area contributed by atoms with Gasteiger partial charge in [0.05, 0.1) is 13.1 Å². The van der Waals surface area contributed by atoms with E-state index in [0.717, 1.165) is 30.4 Å². The molecule has 27 heavy (non-hydrogen) atoms. The van der Waals surface area contributed by atoms with Crippen LogP contribution in [0.25, 0.3) is 0 Å². The van der Waals surface area contributed by atoms with Crippen LogP contribution >= 0.6 is 0 Å². The predicted molar refractivity (Wildman–Crippen MR) is 102 cm³/mol.